The molecule has 0 aromatic heterocycles. The molecule has 1 heterocycles. The van der Waals surface area contributed by atoms with E-state index in [-0.39, 0.29) is 11.9 Å². The summed E-state index contributed by atoms with van der Waals surface area (Å²) in [5, 5.41) is 0. The smallest absolute Gasteiger partial charge is 0.305 e. The molecule has 24 heavy (non-hydrogen) atoms. The van der Waals surface area contributed by atoms with Gasteiger partial charge in [0.05, 0.1) is 11.5 Å². The third-order valence-corrected chi connectivity index (χ3v) is 4.87. The summed E-state index contributed by atoms with van der Waals surface area (Å²) in [5.74, 6) is -0.304. The number of ether oxygens (including phenoxy) is 1. The third-order valence-electron chi connectivity index (χ3n) is 3.49. The number of thioether (sulfide) groups is 1. The van der Waals surface area contributed by atoms with Crippen molar-refractivity contribution in [2.75, 3.05) is 13.2 Å². The van der Waals surface area contributed by atoms with Crippen molar-refractivity contribution < 1.29 is 14.3 Å². The van der Waals surface area contributed by atoms with Gasteiger partial charge < -0.3 is 4.74 Å². The van der Waals surface area contributed by atoms with Crippen LogP contribution in [0, 0.1) is 0 Å². The van der Waals surface area contributed by atoms with Crippen LogP contribution in [0.2, 0.25) is 0 Å². The molecule has 0 unspecified atom stereocenters. The van der Waals surface area contributed by atoms with Gasteiger partial charge in [-0.25, -0.2) is 0 Å². The number of rotatable bonds is 8. The second kappa shape index (κ2) is 9.59. The lowest BCUT2D eigenvalue weighted by molar-refractivity contribution is -0.144. The summed E-state index contributed by atoms with van der Waals surface area (Å²) in [6, 6.07) is 9.67. The minimum Gasteiger partial charge on any atom is -0.466 e. The van der Waals surface area contributed by atoms with Crippen LogP contribution in [0.1, 0.15) is 38.2 Å². The highest BCUT2D eigenvalue weighted by molar-refractivity contribution is 8.26. The molecule has 0 aliphatic carbocycles. The van der Waals surface area contributed by atoms with Crippen LogP contribution < -0.4 is 0 Å². The maximum absolute atomic E-state index is 12.4. The number of hydrogen-bond acceptors (Lipinski definition) is 5. The molecule has 1 amide bonds. The molecule has 4 nitrogen and oxygen atoms in total. The maximum atomic E-state index is 12.4. The summed E-state index contributed by atoms with van der Waals surface area (Å²) in [4.78, 5) is 26.2. The predicted octanol–water partition coefficient (Wildman–Crippen LogP) is 4.01. The van der Waals surface area contributed by atoms with Crippen LogP contribution in [0.3, 0.4) is 0 Å². The van der Waals surface area contributed by atoms with Crippen molar-refractivity contribution in [1.29, 1.82) is 0 Å². The van der Waals surface area contributed by atoms with Gasteiger partial charge >= 0.3 is 5.97 Å². The lowest BCUT2D eigenvalue weighted by Gasteiger charge is -2.13. The fraction of sp³-hybridized carbons (Fsp3) is 0.389. The van der Waals surface area contributed by atoms with Gasteiger partial charge in [0.2, 0.25) is 0 Å². The largest absolute Gasteiger partial charge is 0.466 e. The van der Waals surface area contributed by atoms with Crippen LogP contribution in [0.5, 0.6) is 0 Å². The van der Waals surface area contributed by atoms with Crippen LogP contribution in [-0.2, 0) is 14.3 Å². The van der Waals surface area contributed by atoms with Gasteiger partial charge in [0.15, 0.2) is 0 Å². The Kier molecular flexibility index (Phi) is 7.46. The number of amides is 1. The quantitative estimate of drug-likeness (QED) is 0.302. The minimum absolute atomic E-state index is 0.0896. The predicted molar refractivity (Wildman–Crippen MR) is 101 cm³/mol. The first-order valence-electron chi connectivity index (χ1n) is 8.08. The number of hydrogen-bond donors (Lipinski definition) is 0. The van der Waals surface area contributed by atoms with Crippen molar-refractivity contribution in [1.82, 2.24) is 4.90 Å². The van der Waals surface area contributed by atoms with E-state index in [1.807, 2.05) is 43.3 Å². The summed E-state index contributed by atoms with van der Waals surface area (Å²) in [5.41, 5.74) is 0.970. The summed E-state index contributed by atoms with van der Waals surface area (Å²) in [6.45, 7) is 2.96. The first-order valence-corrected chi connectivity index (χ1v) is 9.30. The molecule has 2 rings (SSSR count). The van der Waals surface area contributed by atoms with E-state index in [1.54, 1.807) is 4.90 Å². The zero-order valence-electron chi connectivity index (χ0n) is 13.7. The lowest BCUT2D eigenvalue weighted by Crippen LogP contribution is -2.29. The van der Waals surface area contributed by atoms with E-state index in [4.69, 9.17) is 17.0 Å². The van der Waals surface area contributed by atoms with Gasteiger partial charge in [-0.05, 0) is 24.5 Å². The average molecular weight is 364 g/mol. The number of benzene rings is 1. The van der Waals surface area contributed by atoms with E-state index in [0.29, 0.717) is 35.2 Å². The van der Waals surface area contributed by atoms with Crippen molar-refractivity contribution in [2.45, 2.75) is 32.6 Å². The monoisotopic (exact) mass is 363 g/mol. The van der Waals surface area contributed by atoms with Crippen molar-refractivity contribution in [2.24, 2.45) is 0 Å². The molecule has 0 saturated carbocycles. The van der Waals surface area contributed by atoms with E-state index in [9.17, 15) is 9.59 Å². The van der Waals surface area contributed by atoms with Crippen LogP contribution in [0.25, 0.3) is 6.08 Å². The zero-order chi connectivity index (χ0) is 17.4. The van der Waals surface area contributed by atoms with Gasteiger partial charge in [-0.1, -0.05) is 67.7 Å². The van der Waals surface area contributed by atoms with Gasteiger partial charge in [0.25, 0.3) is 5.91 Å². The first kappa shape index (κ1) is 18.7. The minimum atomic E-state index is -0.214. The molecular weight excluding hydrogens is 342 g/mol. The van der Waals surface area contributed by atoms with E-state index in [1.165, 1.54) is 11.8 Å². The Morgan fingerprint density at radius 3 is 2.75 bits per heavy atom. The molecule has 0 N–H and O–H groups in total. The second-order valence-electron chi connectivity index (χ2n) is 5.42. The Balaban J connectivity index is 1.84. The van der Waals surface area contributed by atoms with Gasteiger partial charge in [-0.2, -0.15) is 0 Å². The average Bonchev–Trinajstić information content (AvgIpc) is 2.83. The molecule has 1 aliphatic heterocycles. The zero-order valence-corrected chi connectivity index (χ0v) is 15.3. The van der Waals surface area contributed by atoms with Gasteiger partial charge in [0.1, 0.15) is 4.32 Å². The van der Waals surface area contributed by atoms with E-state index in [0.717, 1.165) is 18.4 Å². The highest BCUT2D eigenvalue weighted by Gasteiger charge is 2.31. The molecular formula is C18H21NO3S2. The SMILES string of the molecule is CCCCOC(=O)CCCN1C(=O)/C(=C/c2ccccc2)SC1=S. The lowest BCUT2D eigenvalue weighted by atomic mass is 10.2. The van der Waals surface area contributed by atoms with Crippen LogP contribution in [0.4, 0.5) is 0 Å². The van der Waals surface area contributed by atoms with Crippen LogP contribution >= 0.6 is 24.0 Å². The summed E-state index contributed by atoms with van der Waals surface area (Å²) >= 11 is 6.59. The van der Waals surface area contributed by atoms with Gasteiger partial charge in [0, 0.05) is 13.0 Å². The molecule has 0 spiro atoms. The molecule has 1 fully saturated rings. The Labute approximate surface area is 152 Å². The van der Waals surface area contributed by atoms with Gasteiger partial charge in [-0.15, -0.1) is 0 Å². The topological polar surface area (TPSA) is 46.6 Å². The molecule has 0 radical (unpaired) electrons. The molecule has 1 saturated heterocycles. The standard InChI is InChI=1S/C18H21NO3S2/c1-2-3-12-22-16(20)10-7-11-19-17(21)15(24-18(19)23)13-14-8-5-4-6-9-14/h4-6,8-9,13H,2-3,7,10-12H2,1H3/b15-13-. The number of carbonyl (C=O) groups excluding carboxylic acids is 2. The third kappa shape index (κ3) is 5.46. The normalized spacial score (nSPS) is 16.0. The van der Waals surface area contributed by atoms with Crippen molar-refractivity contribution in [3.05, 3.63) is 40.8 Å². The first-order chi connectivity index (χ1) is 11.6. The highest BCUT2D eigenvalue weighted by Crippen LogP contribution is 2.32. The molecule has 1 aromatic carbocycles. The van der Waals surface area contributed by atoms with Crippen molar-refractivity contribution >= 4 is 46.3 Å². The van der Waals surface area contributed by atoms with E-state index >= 15 is 0 Å². The fourth-order valence-corrected chi connectivity index (χ4v) is 3.49. The van der Waals surface area contributed by atoms with E-state index < -0.39 is 0 Å². The highest BCUT2D eigenvalue weighted by atomic mass is 32.2. The Morgan fingerprint density at radius 2 is 2.04 bits per heavy atom. The summed E-state index contributed by atoms with van der Waals surface area (Å²) in [7, 11) is 0. The van der Waals surface area contributed by atoms with Crippen LogP contribution in [-0.4, -0.2) is 34.2 Å². The molecule has 6 heteroatoms. The number of unbranched alkanes of at least 4 members (excludes halogenated alkanes) is 1. The Morgan fingerprint density at radius 1 is 1.29 bits per heavy atom. The van der Waals surface area contributed by atoms with Gasteiger partial charge in [-0.3, -0.25) is 14.5 Å². The maximum Gasteiger partial charge on any atom is 0.305 e. The fourth-order valence-electron chi connectivity index (χ4n) is 2.18. The van der Waals surface area contributed by atoms with Crippen LogP contribution in [0.15, 0.2) is 35.2 Å². The molecule has 1 aliphatic rings. The molecule has 128 valence electrons. The molecule has 0 bridgehead atoms. The second-order valence-corrected chi connectivity index (χ2v) is 7.10. The Bertz CT molecular complexity index is 628. The van der Waals surface area contributed by atoms with Crippen molar-refractivity contribution in [3.63, 3.8) is 0 Å². The Hall–Kier alpha value is -1.66. The number of carbonyl (C=O) groups is 2. The summed E-state index contributed by atoms with van der Waals surface area (Å²) < 4.78 is 5.65. The molecule has 0 atom stereocenters. The number of nitrogens with zero attached hydrogens (tertiary/aromatic N) is 1. The van der Waals surface area contributed by atoms with E-state index in [2.05, 4.69) is 0 Å². The number of esters is 1. The molecule has 1 aromatic rings. The van der Waals surface area contributed by atoms with Crippen molar-refractivity contribution in [3.8, 4) is 0 Å². The number of thiocarbonyl (C=S) groups is 1. The summed E-state index contributed by atoms with van der Waals surface area (Å²) in [6.07, 6.45) is 4.58.